The van der Waals surface area contributed by atoms with Gasteiger partial charge in [0, 0.05) is 11.6 Å². The Morgan fingerprint density at radius 3 is 2.55 bits per heavy atom. The molecule has 2 aromatic rings. The second-order valence-corrected chi connectivity index (χ2v) is 7.28. The van der Waals surface area contributed by atoms with E-state index in [9.17, 15) is 20.1 Å². The fraction of sp³-hybridized carbons (Fsp3) is 0.182. The highest BCUT2D eigenvalue weighted by atomic mass is 32.2. The number of benzene rings is 2. The summed E-state index contributed by atoms with van der Waals surface area (Å²) in [6.07, 6.45) is 1.45. The van der Waals surface area contributed by atoms with E-state index in [0.29, 0.717) is 17.2 Å². The van der Waals surface area contributed by atoms with Gasteiger partial charge in [0.1, 0.15) is 45.1 Å². The lowest BCUT2D eigenvalue weighted by molar-refractivity contribution is -0.138. The molecule has 0 unspecified atom stereocenters. The standard InChI is InChI=1S/C22H21NO7S/c1-4-30-22(27)19-20(26)18(10-12-9-13(24)5-8-16(12)25)31-21(19)23-15-7-6-14(28-2)11-17(15)29-3/h5-11,24-26H,4H2,1-3H3/b18-10+,23-21?. The van der Waals surface area contributed by atoms with Gasteiger partial charge in [0.2, 0.25) is 0 Å². The first-order chi connectivity index (χ1) is 14.9. The zero-order valence-electron chi connectivity index (χ0n) is 17.1. The number of aliphatic hydroxyl groups excluding tert-OH is 1. The van der Waals surface area contributed by atoms with Crippen molar-refractivity contribution in [3.05, 3.63) is 58.2 Å². The van der Waals surface area contributed by atoms with Crippen molar-refractivity contribution in [3.63, 3.8) is 0 Å². The molecule has 9 heteroatoms. The van der Waals surface area contributed by atoms with Crippen LogP contribution in [0.5, 0.6) is 23.0 Å². The van der Waals surface area contributed by atoms with Gasteiger partial charge >= 0.3 is 5.97 Å². The van der Waals surface area contributed by atoms with Crippen molar-refractivity contribution in [3.8, 4) is 23.0 Å². The summed E-state index contributed by atoms with van der Waals surface area (Å²) in [6, 6.07) is 8.99. The average Bonchev–Trinajstić information content (AvgIpc) is 3.05. The van der Waals surface area contributed by atoms with Crippen molar-refractivity contribution < 1.29 is 34.3 Å². The maximum absolute atomic E-state index is 12.5. The van der Waals surface area contributed by atoms with Crippen LogP contribution < -0.4 is 9.47 Å². The van der Waals surface area contributed by atoms with Gasteiger partial charge in [0.25, 0.3) is 0 Å². The summed E-state index contributed by atoms with van der Waals surface area (Å²) in [7, 11) is 3.01. The maximum atomic E-state index is 12.5. The van der Waals surface area contributed by atoms with Crippen LogP contribution >= 0.6 is 11.8 Å². The Labute approximate surface area is 183 Å². The number of aliphatic imine (C=N–C) groups is 1. The zero-order chi connectivity index (χ0) is 22.5. The third-order valence-electron chi connectivity index (χ3n) is 4.28. The molecule has 3 N–H and O–H groups in total. The number of aromatic hydroxyl groups is 2. The number of phenolic OH excluding ortho intramolecular Hbond substituents is 2. The number of phenols is 2. The molecule has 0 bridgehead atoms. The van der Waals surface area contributed by atoms with E-state index in [4.69, 9.17) is 14.2 Å². The van der Waals surface area contributed by atoms with E-state index in [1.807, 2.05) is 0 Å². The van der Waals surface area contributed by atoms with E-state index >= 15 is 0 Å². The minimum absolute atomic E-state index is 0.0569. The molecule has 1 aliphatic heterocycles. The SMILES string of the molecule is CCOC(=O)C1=C(O)/C(=C\c2cc(O)ccc2O)SC1=Nc1ccc(OC)cc1OC. The molecule has 0 radical (unpaired) electrons. The van der Waals surface area contributed by atoms with Crippen LogP contribution in [-0.4, -0.2) is 47.2 Å². The molecule has 0 aromatic heterocycles. The second-order valence-electron chi connectivity index (χ2n) is 6.25. The number of hydrogen-bond acceptors (Lipinski definition) is 9. The fourth-order valence-corrected chi connectivity index (χ4v) is 3.80. The molecule has 0 spiro atoms. The second kappa shape index (κ2) is 9.48. The van der Waals surface area contributed by atoms with Crippen molar-refractivity contribution in [2.75, 3.05) is 20.8 Å². The average molecular weight is 443 g/mol. The molecule has 0 aliphatic carbocycles. The highest BCUT2D eigenvalue weighted by Gasteiger charge is 2.33. The van der Waals surface area contributed by atoms with E-state index in [1.54, 1.807) is 25.1 Å². The summed E-state index contributed by atoms with van der Waals surface area (Å²) < 4.78 is 15.6. The Morgan fingerprint density at radius 2 is 1.87 bits per heavy atom. The van der Waals surface area contributed by atoms with E-state index in [2.05, 4.69) is 4.99 Å². The number of thioether (sulfide) groups is 1. The van der Waals surface area contributed by atoms with Gasteiger partial charge in [-0.2, -0.15) is 0 Å². The topological polar surface area (TPSA) is 118 Å². The lowest BCUT2D eigenvalue weighted by Gasteiger charge is -2.08. The van der Waals surface area contributed by atoms with Crippen LogP contribution in [0.1, 0.15) is 12.5 Å². The fourth-order valence-electron chi connectivity index (χ4n) is 2.78. The van der Waals surface area contributed by atoms with Gasteiger partial charge in [-0.1, -0.05) is 11.8 Å². The van der Waals surface area contributed by atoms with Crippen molar-refractivity contribution in [2.24, 2.45) is 4.99 Å². The Bertz CT molecular complexity index is 1110. The van der Waals surface area contributed by atoms with Crippen LogP contribution in [-0.2, 0) is 9.53 Å². The van der Waals surface area contributed by atoms with Crippen LogP contribution in [0.4, 0.5) is 5.69 Å². The van der Waals surface area contributed by atoms with Crippen LogP contribution in [0, 0.1) is 0 Å². The first kappa shape index (κ1) is 22.1. The molecule has 0 fully saturated rings. The third kappa shape index (κ3) is 4.77. The molecule has 2 aromatic carbocycles. The van der Waals surface area contributed by atoms with Gasteiger partial charge in [-0.05, 0) is 43.3 Å². The van der Waals surface area contributed by atoms with Crippen LogP contribution in [0.2, 0.25) is 0 Å². The molecule has 0 amide bonds. The first-order valence-corrected chi connectivity index (χ1v) is 10.0. The van der Waals surface area contributed by atoms with Crippen LogP contribution in [0.25, 0.3) is 6.08 Å². The van der Waals surface area contributed by atoms with E-state index < -0.39 is 5.97 Å². The number of esters is 1. The number of ether oxygens (including phenoxy) is 3. The summed E-state index contributed by atoms with van der Waals surface area (Å²) in [6.45, 7) is 1.77. The molecule has 8 nitrogen and oxygen atoms in total. The number of rotatable bonds is 6. The molecule has 31 heavy (non-hydrogen) atoms. The first-order valence-electron chi connectivity index (χ1n) is 9.21. The van der Waals surface area contributed by atoms with Crippen LogP contribution in [0.3, 0.4) is 0 Å². The molecule has 162 valence electrons. The van der Waals surface area contributed by atoms with Gasteiger partial charge in [0.05, 0.1) is 25.7 Å². The highest BCUT2D eigenvalue weighted by Crippen LogP contribution is 2.42. The monoisotopic (exact) mass is 443 g/mol. The number of nitrogens with zero attached hydrogens (tertiary/aromatic N) is 1. The number of aliphatic hydroxyl groups is 1. The van der Waals surface area contributed by atoms with Gasteiger partial charge < -0.3 is 29.5 Å². The smallest absolute Gasteiger partial charge is 0.344 e. The summed E-state index contributed by atoms with van der Waals surface area (Å²) in [5.74, 6) is -0.237. The highest BCUT2D eigenvalue weighted by molar-refractivity contribution is 8.18. The molecular formula is C22H21NO7S. The normalized spacial score (nSPS) is 16.1. The minimum atomic E-state index is -0.734. The number of carbonyl (C=O) groups excluding carboxylic acids is 1. The molecular weight excluding hydrogens is 422 g/mol. The molecule has 0 saturated heterocycles. The zero-order valence-corrected chi connectivity index (χ0v) is 17.9. The summed E-state index contributed by atoms with van der Waals surface area (Å²) in [4.78, 5) is 17.3. The van der Waals surface area contributed by atoms with Crippen molar-refractivity contribution in [1.82, 2.24) is 0 Å². The van der Waals surface area contributed by atoms with Crippen molar-refractivity contribution in [2.45, 2.75) is 6.92 Å². The quantitative estimate of drug-likeness (QED) is 0.447. The summed E-state index contributed by atoms with van der Waals surface area (Å²) in [5, 5.41) is 30.7. The molecule has 3 rings (SSSR count). The number of hydrogen-bond donors (Lipinski definition) is 3. The number of methoxy groups -OCH3 is 2. The van der Waals surface area contributed by atoms with Gasteiger partial charge in [-0.25, -0.2) is 9.79 Å². The Balaban J connectivity index is 2.10. The van der Waals surface area contributed by atoms with Gasteiger partial charge in [-0.15, -0.1) is 0 Å². The summed E-state index contributed by atoms with van der Waals surface area (Å²) >= 11 is 1.02. The molecule has 0 saturated carbocycles. The minimum Gasteiger partial charge on any atom is -0.508 e. The maximum Gasteiger partial charge on any atom is 0.344 e. The van der Waals surface area contributed by atoms with E-state index in [1.165, 1.54) is 38.5 Å². The predicted molar refractivity (Wildman–Crippen MR) is 118 cm³/mol. The largest absolute Gasteiger partial charge is 0.508 e. The predicted octanol–water partition coefficient (Wildman–Crippen LogP) is 4.31. The van der Waals surface area contributed by atoms with E-state index in [-0.39, 0.29) is 45.0 Å². The van der Waals surface area contributed by atoms with E-state index in [0.717, 1.165) is 11.8 Å². The van der Waals surface area contributed by atoms with Gasteiger partial charge in [-0.3, -0.25) is 0 Å². The third-order valence-corrected chi connectivity index (χ3v) is 5.30. The van der Waals surface area contributed by atoms with Gasteiger partial charge in [0.15, 0.2) is 0 Å². The molecule has 1 heterocycles. The lowest BCUT2D eigenvalue weighted by Crippen LogP contribution is -2.12. The molecule has 0 atom stereocenters. The van der Waals surface area contributed by atoms with Crippen molar-refractivity contribution >= 4 is 34.5 Å². The molecule has 1 aliphatic rings. The Hall–Kier alpha value is -3.59. The number of carbonyl (C=O) groups is 1. The van der Waals surface area contributed by atoms with Crippen molar-refractivity contribution in [1.29, 1.82) is 0 Å². The lowest BCUT2D eigenvalue weighted by atomic mass is 10.1. The Morgan fingerprint density at radius 1 is 1.10 bits per heavy atom. The summed E-state index contributed by atoms with van der Waals surface area (Å²) in [5.41, 5.74) is 0.581. The Kier molecular flexibility index (Phi) is 6.76. The van der Waals surface area contributed by atoms with Crippen LogP contribution in [0.15, 0.2) is 57.6 Å².